The van der Waals surface area contributed by atoms with Crippen LogP contribution in [0.15, 0.2) is 433 Å². The molecule has 137 heavy (non-hydrogen) atoms. The fourth-order valence-electron chi connectivity index (χ4n) is 22.9. The van der Waals surface area contributed by atoms with Crippen molar-refractivity contribution in [2.24, 2.45) is 0 Å². The van der Waals surface area contributed by atoms with Crippen molar-refractivity contribution in [2.75, 3.05) is 4.90 Å². The van der Waals surface area contributed by atoms with Gasteiger partial charge in [0, 0.05) is 124 Å². The minimum absolute atomic E-state index is 0.588. The van der Waals surface area contributed by atoms with Crippen LogP contribution in [0.4, 0.5) is 17.1 Å². The average Bonchev–Trinajstić information content (AvgIpc) is 1.51. The van der Waals surface area contributed by atoms with Gasteiger partial charge in [0.05, 0.1) is 33.1 Å². The third kappa shape index (κ3) is 11.0. The first-order valence-corrected chi connectivity index (χ1v) is 47.1. The summed E-state index contributed by atoms with van der Waals surface area (Å²) < 4.78 is 22.6. The normalized spacial score (nSPS) is 12.2. The highest BCUT2D eigenvalue weighted by atomic mass is 32.1. The van der Waals surface area contributed by atoms with Crippen LogP contribution in [-0.2, 0) is 0 Å². The first-order valence-electron chi connectivity index (χ1n) is 46.3. The fourth-order valence-corrected chi connectivity index (χ4v) is 24.0. The zero-order valence-corrected chi connectivity index (χ0v) is 73.9. The lowest BCUT2D eigenvalue weighted by Crippen LogP contribution is -2.09. The highest BCUT2D eigenvalue weighted by Gasteiger charge is 2.32. The number of fused-ring (bicyclic) bond motifs is 7. The van der Waals surface area contributed by atoms with Gasteiger partial charge >= 0.3 is 0 Å². The number of hydrogen-bond donors (Lipinski definition) is 0. The Morgan fingerprint density at radius 2 is 0.533 bits per heavy atom. The van der Waals surface area contributed by atoms with E-state index >= 15 is 0 Å². The third-order valence-electron chi connectivity index (χ3n) is 28.4. The summed E-state index contributed by atoms with van der Waals surface area (Å²) in [6, 6.07) is 150. The second-order valence-corrected chi connectivity index (χ2v) is 36.8. The van der Waals surface area contributed by atoms with E-state index in [0.29, 0.717) is 35.2 Å². The Morgan fingerprint density at radius 3 is 1.04 bits per heavy atom. The minimum atomic E-state index is 0.588. The summed E-state index contributed by atoms with van der Waals surface area (Å²) in [7, 11) is 0. The van der Waals surface area contributed by atoms with Crippen LogP contribution >= 0.6 is 11.3 Å². The van der Waals surface area contributed by atoms with Gasteiger partial charge in [-0.3, -0.25) is 9.13 Å². The van der Waals surface area contributed by atoms with Crippen LogP contribution in [-0.4, -0.2) is 43.6 Å². The largest absolute Gasteiger partial charge is 0.456 e. The van der Waals surface area contributed by atoms with Crippen LogP contribution < -0.4 is 4.90 Å². The maximum absolute atomic E-state index is 6.74. The second kappa shape index (κ2) is 29.1. The molecule has 0 atom stereocenters. The van der Waals surface area contributed by atoms with Crippen molar-refractivity contribution in [2.45, 2.75) is 0 Å². The highest BCUT2D eigenvalue weighted by molar-refractivity contribution is 7.26. The number of furan rings is 2. The predicted octanol–water partition coefficient (Wildman–Crippen LogP) is 33.4. The Balaban J connectivity index is 0.0000000975. The topological polar surface area (TPSA) is 122 Å². The van der Waals surface area contributed by atoms with Crippen LogP contribution in [0.1, 0.15) is 0 Å². The molecule has 0 saturated carbocycles. The van der Waals surface area contributed by atoms with Gasteiger partial charge in [0.25, 0.3) is 0 Å². The van der Waals surface area contributed by atoms with E-state index in [1.54, 1.807) is 0 Å². The maximum Gasteiger partial charge on any atom is 0.238 e. The Kier molecular flexibility index (Phi) is 16.0. The number of para-hydroxylation sites is 2. The quantitative estimate of drug-likeness (QED) is 0.132. The molecule has 0 spiro atoms. The molecule has 13 heteroatoms. The predicted molar refractivity (Wildman–Crippen MR) is 568 cm³/mol. The number of rotatable bonds is 10. The van der Waals surface area contributed by atoms with E-state index < -0.39 is 0 Å². The van der Waals surface area contributed by atoms with E-state index in [-0.39, 0.29) is 0 Å². The summed E-state index contributed by atoms with van der Waals surface area (Å²) >= 11 is 1.87. The Labute approximate surface area is 784 Å². The van der Waals surface area contributed by atoms with E-state index in [4.69, 9.17) is 38.7 Å². The smallest absolute Gasteiger partial charge is 0.238 e. The van der Waals surface area contributed by atoms with Gasteiger partial charge < -0.3 is 18.3 Å². The first kappa shape index (κ1) is 75.4. The highest BCUT2D eigenvalue weighted by Crippen LogP contribution is 2.57. The van der Waals surface area contributed by atoms with Crippen LogP contribution in [0, 0.1) is 0 Å². The summed E-state index contributed by atoms with van der Waals surface area (Å²) in [5, 5.41) is 32.2. The Bertz CT molecular complexity index is 10200. The van der Waals surface area contributed by atoms with Gasteiger partial charge in [-0.15, -0.1) is 11.3 Å². The second-order valence-electron chi connectivity index (χ2n) is 35.7. The van der Waals surface area contributed by atoms with Crippen molar-refractivity contribution < 1.29 is 8.83 Å². The molecule has 0 N–H and O–H groups in total. The Morgan fingerprint density at radius 1 is 0.197 bits per heavy atom. The summed E-state index contributed by atoms with van der Waals surface area (Å²) in [6.07, 6.45) is 0. The van der Waals surface area contributed by atoms with Crippen molar-refractivity contribution >= 4 is 233 Å². The number of thiophene rings is 1. The SMILES string of the molecule is c1ccc(-c2nc(-c3ccccc3)nc(-n3c4cccc5c6cccc7oc8cccc(c9cccc3c9c54)c8c76)n2)cc1.c1ccc(-c2nc(-c3ccccc3)nc(-n3c4cccc5c6ccccc6c6cccc7sc8ccc3c(c8c76)c54)n2)cc1.c1ccc(N(c2ccccc2)c2ccc(-n3c4cccc5c6cccc7c6c6c8c-7cccc8cc7oc8ccc3c(c8c76)c54)cc2)cc1. The van der Waals surface area contributed by atoms with Crippen molar-refractivity contribution in [3.05, 3.63) is 425 Å². The van der Waals surface area contributed by atoms with E-state index in [9.17, 15) is 0 Å². The molecule has 0 amide bonds. The fraction of sp³-hybridized carbons (Fsp3) is 0. The lowest BCUT2D eigenvalue weighted by atomic mass is 9.94. The number of aromatic nitrogens is 9. The molecule has 31 aromatic rings. The summed E-state index contributed by atoms with van der Waals surface area (Å²) in [5.74, 6) is 3.78. The number of nitrogens with zero attached hydrogens (tertiary/aromatic N) is 10. The standard InChI is InChI=1S/C46H26N2O.C39H22N4O.C39H22N4S/c1-3-11-28(12-4-1)47(29-13-5-2-6-14-29)30-20-22-31(23-21-30)48-36-19-9-18-35-34-17-8-16-33-32-15-7-10-27-26-39-45(46(40(27)32)41(33)34)44-38(49-39)25-24-37(48)43(44)42(35)36;1-3-11-23(12-4-1)37-40-38(24-13-5-2-6-14-24)42-39(41-37)43-29-19-7-15-25-27-17-9-21-31-35(27)36-28(18-10-22-32(36)44-31)26-16-8-20-30(43)34(26)33(25)29;1-3-11-23(12-4-1)37-40-38(24-13-5-2-6-14-24)42-39(41-37)43-29-19-9-17-27-25-15-7-8-16-26(25)28-18-10-20-31-34(28)36-32(44-31)22-21-30(43)35(36)33(27)29/h1-26H;2*1-22H. The molecule has 12 nitrogen and oxygen atoms in total. The number of benzene rings is 20. The number of anilines is 3. The first-order chi connectivity index (χ1) is 68.0. The molecule has 634 valence electrons. The van der Waals surface area contributed by atoms with Crippen molar-refractivity contribution in [3.63, 3.8) is 0 Å². The zero-order chi connectivity index (χ0) is 89.3. The van der Waals surface area contributed by atoms with Gasteiger partial charge in [-0.1, -0.05) is 303 Å². The summed E-state index contributed by atoms with van der Waals surface area (Å²) in [5.41, 5.74) is 21.3. The van der Waals surface area contributed by atoms with E-state index in [1.165, 1.54) is 161 Å². The zero-order valence-electron chi connectivity index (χ0n) is 73.1. The maximum atomic E-state index is 6.74. The Hall–Kier alpha value is -18.3. The van der Waals surface area contributed by atoms with E-state index in [1.807, 2.05) is 108 Å². The van der Waals surface area contributed by atoms with Crippen LogP contribution in [0.2, 0.25) is 0 Å². The molecule has 0 aliphatic heterocycles. The molecule has 0 bridgehead atoms. The van der Waals surface area contributed by atoms with Gasteiger partial charge in [0.15, 0.2) is 23.3 Å². The molecule has 0 radical (unpaired) electrons. The van der Waals surface area contributed by atoms with Gasteiger partial charge in [-0.2, -0.15) is 19.9 Å². The molecule has 0 unspecified atom stereocenters. The molecule has 23 aromatic carbocycles. The number of hydrogen-bond acceptors (Lipinski definition) is 10. The lowest BCUT2D eigenvalue weighted by Gasteiger charge is -2.25. The van der Waals surface area contributed by atoms with Crippen LogP contribution in [0.25, 0.3) is 279 Å². The van der Waals surface area contributed by atoms with Gasteiger partial charge in [0.1, 0.15) is 22.3 Å². The summed E-state index contributed by atoms with van der Waals surface area (Å²) in [4.78, 5) is 32.8. The molecular weight excluding hydrogens is 1690 g/mol. The molecule has 1 aliphatic carbocycles. The average molecular weight is 1760 g/mol. The molecule has 8 aromatic heterocycles. The lowest BCUT2D eigenvalue weighted by molar-refractivity contribution is 0.669. The summed E-state index contributed by atoms with van der Waals surface area (Å²) in [6.45, 7) is 0. The van der Waals surface area contributed by atoms with E-state index in [0.717, 1.165) is 100 Å². The van der Waals surface area contributed by atoms with Crippen molar-refractivity contribution in [3.8, 4) is 74.3 Å². The van der Waals surface area contributed by atoms with Gasteiger partial charge in [-0.05, 0) is 202 Å². The molecule has 8 heterocycles. The molecule has 1 aliphatic rings. The van der Waals surface area contributed by atoms with Crippen LogP contribution in [0.5, 0.6) is 0 Å². The monoisotopic (exact) mass is 1760 g/mol. The minimum Gasteiger partial charge on any atom is -0.456 e. The van der Waals surface area contributed by atoms with Crippen molar-refractivity contribution in [1.29, 1.82) is 0 Å². The van der Waals surface area contributed by atoms with Gasteiger partial charge in [-0.25, -0.2) is 9.97 Å². The third-order valence-corrected chi connectivity index (χ3v) is 29.5. The molecule has 0 saturated heterocycles. The van der Waals surface area contributed by atoms with E-state index in [2.05, 4.69) is 346 Å². The molecular formula is C124H70N10O2S. The molecule has 0 fully saturated rings. The van der Waals surface area contributed by atoms with Crippen LogP contribution in [0.3, 0.4) is 0 Å². The van der Waals surface area contributed by atoms with Crippen molar-refractivity contribution in [1.82, 2.24) is 43.6 Å². The van der Waals surface area contributed by atoms with Gasteiger partial charge in [0.2, 0.25) is 11.9 Å². The molecule has 32 rings (SSSR count).